The lowest BCUT2D eigenvalue weighted by atomic mass is 9.99. The summed E-state index contributed by atoms with van der Waals surface area (Å²) in [7, 11) is 1.70. The first-order chi connectivity index (χ1) is 23.5. The number of carbonyl (C=O) groups excluding carboxylic acids is 1. The molecule has 2 aromatic carbocycles. The van der Waals surface area contributed by atoms with Crippen molar-refractivity contribution in [2.24, 2.45) is 0 Å². The average molecular weight is 692 g/mol. The molecule has 1 heterocycles. The number of carboxylic acid groups (broad SMARTS) is 1. The predicted molar refractivity (Wildman–Crippen MR) is 184 cm³/mol. The summed E-state index contributed by atoms with van der Waals surface area (Å²) in [5, 5.41) is 20.6. The van der Waals surface area contributed by atoms with Gasteiger partial charge in [0.15, 0.2) is 5.96 Å². The number of halogens is 3. The summed E-state index contributed by atoms with van der Waals surface area (Å²) in [6.07, 6.45) is 4.21. The molecule has 2 aliphatic rings. The molecule has 0 bridgehead atoms. The van der Waals surface area contributed by atoms with Crippen LogP contribution in [0.2, 0.25) is 0 Å². The fourth-order valence-corrected chi connectivity index (χ4v) is 5.96. The lowest BCUT2D eigenvalue weighted by Crippen LogP contribution is -2.49. The Hall–Kier alpha value is -3.68. The number of nitrogens with zero attached hydrogens (tertiary/aromatic N) is 2. The summed E-state index contributed by atoms with van der Waals surface area (Å²) in [6, 6.07) is 15.9. The molecule has 4 rings (SSSR count). The van der Waals surface area contributed by atoms with E-state index in [1.165, 1.54) is 44.3 Å². The minimum Gasteiger partial charge on any atom is -0.493 e. The number of carboxylic acids is 1. The number of guanidine groups is 1. The Morgan fingerprint density at radius 2 is 1.63 bits per heavy atom. The zero-order valence-corrected chi connectivity index (χ0v) is 28.7. The van der Waals surface area contributed by atoms with Gasteiger partial charge in [0.05, 0.1) is 6.61 Å². The maximum atomic E-state index is 12.4. The molecule has 13 heteroatoms. The third kappa shape index (κ3) is 14.4. The van der Waals surface area contributed by atoms with Crippen molar-refractivity contribution < 1.29 is 37.3 Å². The van der Waals surface area contributed by atoms with Gasteiger partial charge in [0.25, 0.3) is 0 Å². The van der Waals surface area contributed by atoms with Crippen LogP contribution in [-0.2, 0) is 27.3 Å². The number of methoxy groups -OCH3 is 1. The molecule has 0 unspecified atom stereocenters. The molecule has 10 nitrogen and oxygen atoms in total. The first kappa shape index (κ1) is 39.8. The van der Waals surface area contributed by atoms with Crippen LogP contribution in [0.5, 0.6) is 5.75 Å². The fraction of sp³-hybridized carbons (Fsp3) is 0.583. The number of ether oxygens (including phenoxy) is 2. The molecule has 1 amide bonds. The van der Waals surface area contributed by atoms with Crippen LogP contribution >= 0.6 is 0 Å². The molecule has 0 spiro atoms. The van der Waals surface area contributed by atoms with Crippen LogP contribution in [-0.4, -0.2) is 98.0 Å². The lowest BCUT2D eigenvalue weighted by molar-refractivity contribution is -0.192. The predicted octanol–water partition coefficient (Wildman–Crippen LogP) is 5.84. The van der Waals surface area contributed by atoms with Gasteiger partial charge in [-0.1, -0.05) is 62.6 Å². The first-order valence-corrected chi connectivity index (χ1v) is 17.2. The van der Waals surface area contributed by atoms with Gasteiger partial charge >= 0.3 is 12.1 Å². The molecule has 49 heavy (non-hydrogen) atoms. The molecule has 2 aromatic rings. The van der Waals surface area contributed by atoms with Gasteiger partial charge in [-0.05, 0) is 48.4 Å². The quantitative estimate of drug-likeness (QED) is 0.104. The molecule has 1 aliphatic heterocycles. The number of carbonyl (C=O) groups is 2. The van der Waals surface area contributed by atoms with Crippen molar-refractivity contribution in [2.45, 2.75) is 83.5 Å². The monoisotopic (exact) mass is 691 g/mol. The van der Waals surface area contributed by atoms with Crippen LogP contribution < -0.4 is 15.4 Å². The Kier molecular flexibility index (Phi) is 16.8. The molecule has 0 aromatic heterocycles. The third-order valence-electron chi connectivity index (χ3n) is 8.70. The van der Waals surface area contributed by atoms with Crippen molar-refractivity contribution in [2.75, 3.05) is 53.0 Å². The van der Waals surface area contributed by atoms with Crippen molar-refractivity contribution in [3.05, 3.63) is 53.6 Å². The molecular weight excluding hydrogens is 639 g/mol. The van der Waals surface area contributed by atoms with Crippen molar-refractivity contribution in [3.63, 3.8) is 0 Å². The highest BCUT2D eigenvalue weighted by Gasteiger charge is 2.38. The first-order valence-electron chi connectivity index (χ1n) is 17.2. The SMILES string of the molecule is CCCCNC(=N)NC(=O)CCc1ccc(-c2ccc(CN3CCN(C4CCCC4)CC3)cc2)c(OCCCOC)c1.O=C(O)C(F)(F)F. The highest BCUT2D eigenvalue weighted by Crippen LogP contribution is 2.32. The zero-order valence-electron chi connectivity index (χ0n) is 28.7. The Bertz CT molecular complexity index is 1310. The molecular formula is C36H52F3N5O5. The summed E-state index contributed by atoms with van der Waals surface area (Å²) in [6.45, 7) is 9.68. The summed E-state index contributed by atoms with van der Waals surface area (Å²) >= 11 is 0. The van der Waals surface area contributed by atoms with E-state index in [9.17, 15) is 18.0 Å². The second kappa shape index (κ2) is 20.7. The number of benzene rings is 2. The normalized spacial score (nSPS) is 15.7. The van der Waals surface area contributed by atoms with Crippen molar-refractivity contribution >= 4 is 17.8 Å². The number of amides is 1. The van der Waals surface area contributed by atoms with Crippen LogP contribution in [0.4, 0.5) is 13.2 Å². The van der Waals surface area contributed by atoms with Crippen LogP contribution in [0, 0.1) is 5.41 Å². The van der Waals surface area contributed by atoms with Gasteiger partial charge < -0.3 is 19.9 Å². The van der Waals surface area contributed by atoms with E-state index in [0.29, 0.717) is 32.6 Å². The average Bonchev–Trinajstić information content (AvgIpc) is 3.62. The molecule has 1 saturated carbocycles. The van der Waals surface area contributed by atoms with Gasteiger partial charge in [0.2, 0.25) is 5.91 Å². The number of unbranched alkanes of at least 4 members (excludes halogenated alkanes) is 1. The molecule has 2 fully saturated rings. The number of piperazine rings is 1. The van der Waals surface area contributed by atoms with E-state index in [1.807, 2.05) is 0 Å². The Morgan fingerprint density at radius 3 is 2.24 bits per heavy atom. The van der Waals surface area contributed by atoms with Gasteiger partial charge in [-0.25, -0.2) is 4.79 Å². The maximum absolute atomic E-state index is 12.4. The number of hydrogen-bond donors (Lipinski definition) is 4. The smallest absolute Gasteiger partial charge is 0.490 e. The van der Waals surface area contributed by atoms with E-state index in [4.69, 9.17) is 24.8 Å². The van der Waals surface area contributed by atoms with Crippen LogP contribution in [0.1, 0.15) is 69.4 Å². The van der Waals surface area contributed by atoms with Gasteiger partial charge in [-0.15, -0.1) is 0 Å². The van der Waals surface area contributed by atoms with E-state index >= 15 is 0 Å². The molecule has 1 aliphatic carbocycles. The summed E-state index contributed by atoms with van der Waals surface area (Å²) in [5.74, 6) is -2.02. The number of aliphatic carboxylic acids is 1. The highest BCUT2D eigenvalue weighted by molar-refractivity contribution is 5.95. The Morgan fingerprint density at radius 1 is 0.980 bits per heavy atom. The second-order valence-electron chi connectivity index (χ2n) is 12.5. The summed E-state index contributed by atoms with van der Waals surface area (Å²) in [5.41, 5.74) is 4.56. The summed E-state index contributed by atoms with van der Waals surface area (Å²) in [4.78, 5) is 26.6. The van der Waals surface area contributed by atoms with Gasteiger partial charge in [0, 0.05) is 77.4 Å². The van der Waals surface area contributed by atoms with Gasteiger partial charge in [-0.2, -0.15) is 13.2 Å². The fourth-order valence-electron chi connectivity index (χ4n) is 5.96. The van der Waals surface area contributed by atoms with Gasteiger partial charge in [-0.3, -0.25) is 25.3 Å². The molecule has 0 atom stereocenters. The number of aryl methyl sites for hydroxylation is 1. The lowest BCUT2D eigenvalue weighted by Gasteiger charge is -2.38. The van der Waals surface area contributed by atoms with Crippen LogP contribution in [0.3, 0.4) is 0 Å². The molecule has 1 saturated heterocycles. The third-order valence-corrected chi connectivity index (χ3v) is 8.70. The van der Waals surface area contributed by atoms with Crippen molar-refractivity contribution in [1.29, 1.82) is 5.41 Å². The number of alkyl halides is 3. The minimum absolute atomic E-state index is 0.0701. The molecule has 4 N–H and O–H groups in total. The Balaban J connectivity index is 0.000000838. The highest BCUT2D eigenvalue weighted by atomic mass is 19.4. The zero-order chi connectivity index (χ0) is 35.6. The Labute approximate surface area is 287 Å². The van der Waals surface area contributed by atoms with E-state index in [0.717, 1.165) is 67.4 Å². The topological polar surface area (TPSA) is 127 Å². The molecule has 0 radical (unpaired) electrons. The number of hydrogen-bond acceptors (Lipinski definition) is 7. The minimum atomic E-state index is -5.08. The second-order valence-corrected chi connectivity index (χ2v) is 12.5. The largest absolute Gasteiger partial charge is 0.493 e. The van der Waals surface area contributed by atoms with E-state index < -0.39 is 12.1 Å². The van der Waals surface area contributed by atoms with E-state index in [-0.39, 0.29) is 11.9 Å². The summed E-state index contributed by atoms with van der Waals surface area (Å²) < 4.78 is 43.2. The molecule has 272 valence electrons. The number of rotatable bonds is 15. The van der Waals surface area contributed by atoms with Crippen LogP contribution in [0.15, 0.2) is 42.5 Å². The number of nitrogens with one attached hydrogen (secondary N) is 3. The van der Waals surface area contributed by atoms with Crippen LogP contribution in [0.25, 0.3) is 11.1 Å². The van der Waals surface area contributed by atoms with Crippen molar-refractivity contribution in [3.8, 4) is 16.9 Å². The maximum Gasteiger partial charge on any atom is 0.490 e. The van der Waals surface area contributed by atoms with E-state index in [1.54, 1.807) is 7.11 Å². The van der Waals surface area contributed by atoms with Gasteiger partial charge in [0.1, 0.15) is 5.75 Å². The standard InChI is InChI=1S/C34H51N5O3.C2HF3O2/c1-3-4-18-36-34(35)37-33(40)17-13-27-12-16-31(32(25-27)42-24-7-23-41-2)29-14-10-28(11-15-29)26-38-19-21-39(22-20-38)30-8-5-6-9-30;3-2(4,5)1(6)7/h10-12,14-16,25,30H,3-9,13,17-24,26H2,1-2H3,(H3,35,36,37,40);(H,6,7). The van der Waals surface area contributed by atoms with E-state index in [2.05, 4.69) is 69.8 Å². The van der Waals surface area contributed by atoms with Crippen molar-refractivity contribution in [1.82, 2.24) is 20.4 Å².